The minimum Gasteiger partial charge on any atom is -0.351 e. The van der Waals surface area contributed by atoms with Gasteiger partial charge in [0.2, 0.25) is 0 Å². The molecule has 2 N–H and O–H groups in total. The first kappa shape index (κ1) is 17.1. The van der Waals surface area contributed by atoms with Gasteiger partial charge in [-0.25, -0.2) is 0 Å². The fraction of sp³-hybridized carbons (Fsp3) is 0.357. The average molecular weight is 310 g/mol. The minimum atomic E-state index is -0.0568. The van der Waals surface area contributed by atoms with Gasteiger partial charge in [-0.2, -0.15) is 0 Å². The molecular weight excluding hydrogens is 290 g/mol. The maximum absolute atomic E-state index is 11.9. The lowest BCUT2D eigenvalue weighted by atomic mass is 10.2. The monoisotopic (exact) mass is 309 g/mol. The second kappa shape index (κ2) is 9.10. The number of amides is 1. The highest BCUT2D eigenvalue weighted by Gasteiger charge is 2.04. The highest BCUT2D eigenvalue weighted by atomic mass is 35.5. The Bertz CT molecular complexity index is 527. The van der Waals surface area contributed by atoms with Crippen molar-refractivity contribution in [1.29, 1.82) is 0 Å². The van der Waals surface area contributed by atoms with Crippen molar-refractivity contribution in [2.75, 3.05) is 19.6 Å². The van der Waals surface area contributed by atoms with Crippen LogP contribution < -0.4 is 10.6 Å². The molecule has 21 heavy (non-hydrogen) atoms. The number of halogens is 1. The van der Waals surface area contributed by atoms with E-state index in [2.05, 4.69) is 27.8 Å². The van der Waals surface area contributed by atoms with Crippen LogP contribution in [0.5, 0.6) is 0 Å². The summed E-state index contributed by atoms with van der Waals surface area (Å²) in [4.78, 5) is 11.9. The Hall–Kier alpha value is -1.92. The van der Waals surface area contributed by atoms with Gasteiger partial charge >= 0.3 is 0 Å². The Morgan fingerprint density at radius 3 is 2.38 bits per heavy atom. The lowest BCUT2D eigenvalue weighted by molar-refractivity contribution is 0.0954. The third-order valence-corrected chi connectivity index (χ3v) is 2.86. The number of carbonyl (C=O) groups excluding carboxylic acids is 1. The van der Waals surface area contributed by atoms with Crippen molar-refractivity contribution in [3.05, 3.63) is 42.5 Å². The smallest absolute Gasteiger partial charge is 0.251 e. The van der Waals surface area contributed by atoms with E-state index in [-0.39, 0.29) is 18.3 Å². The molecule has 0 saturated heterocycles. The fourth-order valence-corrected chi connectivity index (χ4v) is 1.79. The van der Waals surface area contributed by atoms with E-state index in [4.69, 9.17) is 0 Å². The molecule has 0 saturated carbocycles. The van der Waals surface area contributed by atoms with Gasteiger partial charge in [-0.15, -0.1) is 22.6 Å². The van der Waals surface area contributed by atoms with E-state index in [9.17, 15) is 4.79 Å². The SMILES string of the molecule is CCCNCCNC(=O)c1ccc(-n2cnnc2)cc1.Cl. The maximum Gasteiger partial charge on any atom is 0.251 e. The zero-order valence-corrected chi connectivity index (χ0v) is 12.8. The molecule has 0 atom stereocenters. The van der Waals surface area contributed by atoms with Crippen molar-refractivity contribution in [2.24, 2.45) is 0 Å². The molecule has 0 bridgehead atoms. The number of nitrogens with zero attached hydrogens (tertiary/aromatic N) is 3. The summed E-state index contributed by atoms with van der Waals surface area (Å²) in [6, 6.07) is 7.33. The van der Waals surface area contributed by atoms with Gasteiger partial charge in [0.25, 0.3) is 5.91 Å². The quantitative estimate of drug-likeness (QED) is 0.759. The van der Waals surface area contributed by atoms with Crippen LogP contribution in [0.1, 0.15) is 23.7 Å². The number of aromatic nitrogens is 3. The zero-order chi connectivity index (χ0) is 14.2. The Labute approximate surface area is 130 Å². The van der Waals surface area contributed by atoms with E-state index in [0.29, 0.717) is 12.1 Å². The summed E-state index contributed by atoms with van der Waals surface area (Å²) in [6.45, 7) is 4.51. The Morgan fingerprint density at radius 2 is 1.76 bits per heavy atom. The van der Waals surface area contributed by atoms with Gasteiger partial charge in [0.05, 0.1) is 0 Å². The molecule has 1 aromatic heterocycles. The highest BCUT2D eigenvalue weighted by molar-refractivity contribution is 5.94. The molecule has 2 aromatic rings. The van der Waals surface area contributed by atoms with E-state index >= 15 is 0 Å². The Morgan fingerprint density at radius 1 is 1.10 bits per heavy atom. The summed E-state index contributed by atoms with van der Waals surface area (Å²) in [5, 5.41) is 13.6. The van der Waals surface area contributed by atoms with Gasteiger partial charge < -0.3 is 10.6 Å². The highest BCUT2D eigenvalue weighted by Crippen LogP contribution is 2.08. The molecule has 0 unspecified atom stereocenters. The molecule has 6 nitrogen and oxygen atoms in total. The molecule has 0 aliphatic heterocycles. The molecular formula is C14H20ClN5O. The van der Waals surface area contributed by atoms with Crippen LogP contribution in [0.2, 0.25) is 0 Å². The Balaban J connectivity index is 0.00000220. The molecule has 1 heterocycles. The van der Waals surface area contributed by atoms with E-state index in [1.807, 2.05) is 12.1 Å². The third kappa shape index (κ3) is 5.17. The van der Waals surface area contributed by atoms with Gasteiger partial charge in [-0.1, -0.05) is 6.92 Å². The fourth-order valence-electron chi connectivity index (χ4n) is 1.79. The first-order valence-corrected chi connectivity index (χ1v) is 6.75. The topological polar surface area (TPSA) is 71.8 Å². The first-order chi connectivity index (χ1) is 9.81. The molecule has 7 heteroatoms. The third-order valence-electron chi connectivity index (χ3n) is 2.86. The van der Waals surface area contributed by atoms with Crippen LogP contribution in [0.3, 0.4) is 0 Å². The van der Waals surface area contributed by atoms with Crippen LogP contribution in [-0.4, -0.2) is 40.3 Å². The minimum absolute atomic E-state index is 0. The van der Waals surface area contributed by atoms with Crippen LogP contribution in [0.15, 0.2) is 36.9 Å². The maximum atomic E-state index is 11.9. The standard InChI is InChI=1S/C14H19N5O.ClH/c1-2-7-15-8-9-16-14(20)12-3-5-13(6-4-12)19-10-17-18-11-19;/h3-6,10-11,15H,2,7-9H2,1H3,(H,16,20);1H. The molecule has 0 fully saturated rings. The summed E-state index contributed by atoms with van der Waals surface area (Å²) < 4.78 is 1.79. The number of hydrogen-bond acceptors (Lipinski definition) is 4. The molecule has 0 spiro atoms. The molecule has 1 aromatic carbocycles. The predicted octanol–water partition coefficient (Wildman–Crippen LogP) is 1.42. The van der Waals surface area contributed by atoms with Gasteiger partial charge in [0, 0.05) is 24.3 Å². The second-order valence-electron chi connectivity index (χ2n) is 4.42. The van der Waals surface area contributed by atoms with Crippen LogP contribution >= 0.6 is 12.4 Å². The van der Waals surface area contributed by atoms with Gasteiger partial charge in [0.1, 0.15) is 12.7 Å². The van der Waals surface area contributed by atoms with Gasteiger partial charge in [0.15, 0.2) is 0 Å². The number of hydrogen-bond donors (Lipinski definition) is 2. The lowest BCUT2D eigenvalue weighted by Crippen LogP contribution is -2.32. The summed E-state index contributed by atoms with van der Waals surface area (Å²) in [6.07, 6.45) is 4.33. The van der Waals surface area contributed by atoms with E-state index in [1.165, 1.54) is 0 Å². The van der Waals surface area contributed by atoms with Crippen LogP contribution in [0, 0.1) is 0 Å². The van der Waals surface area contributed by atoms with Crippen molar-refractivity contribution in [3.8, 4) is 5.69 Å². The predicted molar refractivity (Wildman–Crippen MR) is 84.1 cm³/mol. The summed E-state index contributed by atoms with van der Waals surface area (Å²) >= 11 is 0. The van der Waals surface area contributed by atoms with Crippen molar-refractivity contribution in [2.45, 2.75) is 13.3 Å². The van der Waals surface area contributed by atoms with Gasteiger partial charge in [-0.05, 0) is 37.2 Å². The van der Waals surface area contributed by atoms with Gasteiger partial charge in [-0.3, -0.25) is 9.36 Å². The van der Waals surface area contributed by atoms with Crippen molar-refractivity contribution in [1.82, 2.24) is 25.4 Å². The van der Waals surface area contributed by atoms with Crippen molar-refractivity contribution < 1.29 is 4.79 Å². The normalized spacial score (nSPS) is 9.95. The number of nitrogens with one attached hydrogen (secondary N) is 2. The largest absolute Gasteiger partial charge is 0.351 e. The molecule has 1 amide bonds. The summed E-state index contributed by atoms with van der Waals surface area (Å²) in [5.41, 5.74) is 1.58. The summed E-state index contributed by atoms with van der Waals surface area (Å²) in [7, 11) is 0. The zero-order valence-electron chi connectivity index (χ0n) is 12.0. The van der Waals surface area contributed by atoms with E-state index in [1.54, 1.807) is 29.4 Å². The van der Waals surface area contributed by atoms with Crippen molar-refractivity contribution in [3.63, 3.8) is 0 Å². The van der Waals surface area contributed by atoms with E-state index < -0.39 is 0 Å². The number of carbonyl (C=O) groups is 1. The molecule has 0 aliphatic rings. The molecule has 114 valence electrons. The molecule has 0 radical (unpaired) electrons. The number of benzene rings is 1. The molecule has 2 rings (SSSR count). The second-order valence-corrected chi connectivity index (χ2v) is 4.42. The summed E-state index contributed by atoms with van der Waals surface area (Å²) in [5.74, 6) is -0.0568. The van der Waals surface area contributed by atoms with E-state index in [0.717, 1.165) is 25.2 Å². The van der Waals surface area contributed by atoms with Crippen LogP contribution in [0.25, 0.3) is 5.69 Å². The first-order valence-electron chi connectivity index (χ1n) is 6.75. The lowest BCUT2D eigenvalue weighted by Gasteiger charge is -2.07. The number of rotatable bonds is 7. The average Bonchev–Trinajstić information content (AvgIpc) is 3.01. The molecule has 0 aliphatic carbocycles. The van der Waals surface area contributed by atoms with Crippen molar-refractivity contribution >= 4 is 18.3 Å². The Kier molecular flexibility index (Phi) is 7.42. The van der Waals surface area contributed by atoms with Crippen LogP contribution in [-0.2, 0) is 0 Å². The van der Waals surface area contributed by atoms with Crippen LogP contribution in [0.4, 0.5) is 0 Å².